The van der Waals surface area contributed by atoms with Crippen molar-refractivity contribution in [3.8, 4) is 11.5 Å². The van der Waals surface area contributed by atoms with E-state index in [0.717, 1.165) is 39.1 Å². The summed E-state index contributed by atoms with van der Waals surface area (Å²) in [6.07, 6.45) is 4.22. The summed E-state index contributed by atoms with van der Waals surface area (Å²) >= 11 is 1.66. The summed E-state index contributed by atoms with van der Waals surface area (Å²) in [4.78, 5) is 22.5. The van der Waals surface area contributed by atoms with Crippen LogP contribution in [-0.2, 0) is 27.2 Å². The molecule has 0 atom stereocenters. The molecule has 0 unspecified atom stereocenters. The van der Waals surface area contributed by atoms with Gasteiger partial charge in [0.25, 0.3) is 0 Å². The highest BCUT2D eigenvalue weighted by Crippen LogP contribution is 2.24. The minimum Gasteiger partial charge on any atom is -0.507 e. The van der Waals surface area contributed by atoms with Crippen LogP contribution in [0.15, 0.2) is 24.3 Å². The Labute approximate surface area is 201 Å². The van der Waals surface area contributed by atoms with E-state index in [4.69, 9.17) is 4.74 Å². The highest BCUT2D eigenvalue weighted by atomic mass is 32.2. The first kappa shape index (κ1) is 28.4. The number of aromatic hydroxyl groups is 2. The van der Waals surface area contributed by atoms with Crippen LogP contribution in [0.4, 0.5) is 0 Å². The number of ether oxygens (including phenoxy) is 1. The Bertz CT molecular complexity index is 896. The minimum atomic E-state index is -0.160. The zero-order chi connectivity index (χ0) is 25.0. The molecular formula is C26H37NO5S. The Morgan fingerprint density at radius 1 is 0.848 bits per heavy atom. The maximum atomic E-state index is 11.4. The topological polar surface area (TPSA) is 95.9 Å². The van der Waals surface area contributed by atoms with Crippen LogP contribution >= 0.6 is 11.8 Å². The van der Waals surface area contributed by atoms with Gasteiger partial charge in [-0.05, 0) is 80.2 Å². The van der Waals surface area contributed by atoms with E-state index in [1.54, 1.807) is 18.8 Å². The summed E-state index contributed by atoms with van der Waals surface area (Å²) in [6, 6.07) is 7.67. The van der Waals surface area contributed by atoms with Crippen molar-refractivity contribution < 1.29 is 24.5 Å². The fourth-order valence-electron chi connectivity index (χ4n) is 3.32. The molecule has 0 saturated heterocycles. The molecule has 0 radical (unpaired) electrons. The summed E-state index contributed by atoms with van der Waals surface area (Å²) in [6.45, 7) is 7.94. The van der Waals surface area contributed by atoms with E-state index in [2.05, 4.69) is 5.32 Å². The molecule has 7 heteroatoms. The fraction of sp³-hybridized carbons (Fsp3) is 0.462. The van der Waals surface area contributed by atoms with Gasteiger partial charge in [-0.15, -0.1) is 0 Å². The standard InChI is InChI=1S/C14H20O3S.C12H17NO2/c1-10-8-12(9-11(2)14(10)16)4-5-13(15)17-6-7-18-3;1-8-6-10(4-5-11(14)13-3)7-9(2)12(8)15/h8-9,16H,4-7H2,1-3H3;6-7,15H,4-5H2,1-3H3,(H,13,14). The number of rotatable bonds is 9. The highest BCUT2D eigenvalue weighted by molar-refractivity contribution is 7.98. The molecule has 1 amide bonds. The molecule has 0 aliphatic carbocycles. The number of phenols is 2. The summed E-state index contributed by atoms with van der Waals surface area (Å²) in [5.74, 6) is 1.40. The second-order valence-electron chi connectivity index (χ2n) is 8.04. The van der Waals surface area contributed by atoms with Crippen LogP contribution in [0, 0.1) is 27.7 Å². The van der Waals surface area contributed by atoms with Gasteiger partial charge >= 0.3 is 5.97 Å². The van der Waals surface area contributed by atoms with Crippen LogP contribution in [0.2, 0.25) is 0 Å². The second-order valence-corrected chi connectivity index (χ2v) is 9.03. The third-order valence-corrected chi connectivity index (χ3v) is 5.76. The van der Waals surface area contributed by atoms with Gasteiger partial charge < -0.3 is 20.3 Å². The number of carbonyl (C=O) groups excluding carboxylic acids is 2. The van der Waals surface area contributed by atoms with E-state index in [0.29, 0.717) is 43.8 Å². The van der Waals surface area contributed by atoms with Crippen molar-refractivity contribution in [2.75, 3.05) is 25.7 Å². The van der Waals surface area contributed by atoms with Crippen molar-refractivity contribution in [3.05, 3.63) is 57.6 Å². The lowest BCUT2D eigenvalue weighted by Crippen LogP contribution is -2.17. The first-order valence-electron chi connectivity index (χ1n) is 11.0. The molecule has 0 aromatic heterocycles. The smallest absolute Gasteiger partial charge is 0.306 e. The number of nitrogens with one attached hydrogen (secondary N) is 1. The summed E-state index contributed by atoms with van der Waals surface area (Å²) in [7, 11) is 1.63. The number of thioether (sulfide) groups is 1. The maximum Gasteiger partial charge on any atom is 0.306 e. The van der Waals surface area contributed by atoms with Crippen LogP contribution in [0.1, 0.15) is 46.2 Å². The molecule has 0 saturated carbocycles. The summed E-state index contributed by atoms with van der Waals surface area (Å²) in [5.41, 5.74) is 5.57. The van der Waals surface area contributed by atoms with Crippen LogP contribution in [0.5, 0.6) is 11.5 Å². The Kier molecular flexibility index (Phi) is 12.4. The third kappa shape index (κ3) is 10.2. The average molecular weight is 476 g/mol. The lowest BCUT2D eigenvalue weighted by atomic mass is 10.0. The maximum absolute atomic E-state index is 11.4. The first-order chi connectivity index (χ1) is 15.6. The predicted molar refractivity (Wildman–Crippen MR) is 135 cm³/mol. The quantitative estimate of drug-likeness (QED) is 0.364. The molecule has 182 valence electrons. The van der Waals surface area contributed by atoms with Crippen molar-refractivity contribution in [3.63, 3.8) is 0 Å². The van der Waals surface area contributed by atoms with Gasteiger partial charge in [-0.25, -0.2) is 0 Å². The van der Waals surface area contributed by atoms with Gasteiger partial charge in [0, 0.05) is 25.6 Å². The van der Waals surface area contributed by atoms with Crippen LogP contribution in [-0.4, -0.2) is 47.8 Å². The van der Waals surface area contributed by atoms with Crippen molar-refractivity contribution in [1.82, 2.24) is 5.32 Å². The third-order valence-electron chi connectivity index (χ3n) is 5.19. The normalized spacial score (nSPS) is 10.2. The van der Waals surface area contributed by atoms with E-state index in [1.807, 2.05) is 58.2 Å². The summed E-state index contributed by atoms with van der Waals surface area (Å²) in [5, 5.41) is 21.8. The molecule has 2 rings (SSSR count). The highest BCUT2D eigenvalue weighted by Gasteiger charge is 2.07. The van der Waals surface area contributed by atoms with Crippen molar-refractivity contribution in [1.29, 1.82) is 0 Å². The molecule has 33 heavy (non-hydrogen) atoms. The van der Waals surface area contributed by atoms with Gasteiger partial charge in [-0.1, -0.05) is 24.3 Å². The average Bonchev–Trinajstić information content (AvgIpc) is 2.78. The Balaban J connectivity index is 0.000000335. The molecule has 6 nitrogen and oxygen atoms in total. The van der Waals surface area contributed by atoms with Crippen molar-refractivity contribution >= 4 is 23.6 Å². The zero-order valence-corrected chi connectivity index (χ0v) is 21.4. The monoisotopic (exact) mass is 475 g/mol. The van der Waals surface area contributed by atoms with Gasteiger partial charge in [0.2, 0.25) is 5.91 Å². The molecular weight excluding hydrogens is 438 g/mol. The number of hydrogen-bond donors (Lipinski definition) is 3. The van der Waals surface area contributed by atoms with Crippen molar-refractivity contribution in [2.45, 2.75) is 53.4 Å². The summed E-state index contributed by atoms with van der Waals surface area (Å²) < 4.78 is 5.08. The predicted octanol–water partition coefficient (Wildman–Crippen LogP) is 4.54. The van der Waals surface area contributed by atoms with Crippen LogP contribution < -0.4 is 5.32 Å². The van der Waals surface area contributed by atoms with E-state index in [9.17, 15) is 19.8 Å². The van der Waals surface area contributed by atoms with Crippen LogP contribution in [0.3, 0.4) is 0 Å². The van der Waals surface area contributed by atoms with Gasteiger partial charge in [0.15, 0.2) is 0 Å². The number of benzene rings is 2. The first-order valence-corrected chi connectivity index (χ1v) is 12.4. The molecule has 2 aromatic carbocycles. The van der Waals surface area contributed by atoms with Gasteiger partial charge in [0.05, 0.1) is 0 Å². The van der Waals surface area contributed by atoms with Crippen LogP contribution in [0.25, 0.3) is 0 Å². The molecule has 0 heterocycles. The Morgan fingerprint density at radius 3 is 1.67 bits per heavy atom. The minimum absolute atomic E-state index is 0.0402. The number of hydrogen-bond acceptors (Lipinski definition) is 6. The van der Waals surface area contributed by atoms with Gasteiger partial charge in [-0.3, -0.25) is 9.59 Å². The second kappa shape index (κ2) is 14.5. The van der Waals surface area contributed by atoms with E-state index >= 15 is 0 Å². The number of esters is 1. The van der Waals surface area contributed by atoms with E-state index in [-0.39, 0.29) is 11.9 Å². The zero-order valence-electron chi connectivity index (χ0n) is 20.6. The number of aryl methyl sites for hydroxylation is 6. The molecule has 3 N–H and O–H groups in total. The molecule has 0 aliphatic rings. The molecule has 2 aromatic rings. The largest absolute Gasteiger partial charge is 0.507 e. The Morgan fingerprint density at radius 2 is 1.27 bits per heavy atom. The Hall–Kier alpha value is -2.67. The SMILES string of the molecule is CNC(=O)CCc1cc(C)c(O)c(C)c1.CSCCOC(=O)CCc1cc(C)c(O)c(C)c1. The van der Waals surface area contributed by atoms with Gasteiger partial charge in [0.1, 0.15) is 18.1 Å². The van der Waals surface area contributed by atoms with E-state index in [1.165, 1.54) is 0 Å². The number of amides is 1. The number of carbonyl (C=O) groups is 2. The van der Waals surface area contributed by atoms with E-state index < -0.39 is 0 Å². The molecule has 0 aliphatic heterocycles. The van der Waals surface area contributed by atoms with Gasteiger partial charge in [-0.2, -0.15) is 11.8 Å². The molecule has 0 spiro atoms. The molecule has 0 fully saturated rings. The molecule has 0 bridgehead atoms. The van der Waals surface area contributed by atoms with Crippen molar-refractivity contribution in [2.24, 2.45) is 0 Å². The lowest BCUT2D eigenvalue weighted by Gasteiger charge is -2.08. The number of phenolic OH excluding ortho intramolecular Hbond substituents is 2. The lowest BCUT2D eigenvalue weighted by molar-refractivity contribution is -0.142. The fourth-order valence-corrected chi connectivity index (χ4v) is 3.57.